The Morgan fingerprint density at radius 1 is 1.38 bits per heavy atom. The maximum atomic E-state index is 11.9. The van der Waals surface area contributed by atoms with Gasteiger partial charge >= 0.3 is 5.97 Å². The van der Waals surface area contributed by atoms with E-state index in [0.717, 1.165) is 33.8 Å². The van der Waals surface area contributed by atoms with Crippen LogP contribution in [-0.2, 0) is 18.4 Å². The second kappa shape index (κ2) is 7.05. The van der Waals surface area contributed by atoms with E-state index < -0.39 is 12.0 Å². The number of carbonyl (C=O) groups is 1. The Bertz CT molecular complexity index is 752. The first-order valence-corrected chi connectivity index (χ1v) is 7.83. The lowest BCUT2D eigenvalue weighted by Gasteiger charge is -2.26. The van der Waals surface area contributed by atoms with E-state index in [1.165, 1.54) is 0 Å². The molecule has 0 spiro atoms. The number of aromatic nitrogens is 2. The van der Waals surface area contributed by atoms with Gasteiger partial charge in [0.15, 0.2) is 0 Å². The first-order valence-electron chi connectivity index (χ1n) is 7.83. The van der Waals surface area contributed by atoms with E-state index in [1.807, 2.05) is 56.6 Å². The Labute approximate surface area is 142 Å². The van der Waals surface area contributed by atoms with Crippen LogP contribution in [0.5, 0.6) is 5.75 Å². The van der Waals surface area contributed by atoms with Gasteiger partial charge in [0, 0.05) is 24.8 Å². The highest BCUT2D eigenvalue weighted by Gasteiger charge is 2.27. The molecule has 0 saturated heterocycles. The van der Waals surface area contributed by atoms with Gasteiger partial charge in [0.2, 0.25) is 0 Å². The van der Waals surface area contributed by atoms with Gasteiger partial charge < -0.3 is 9.84 Å². The summed E-state index contributed by atoms with van der Waals surface area (Å²) in [5.41, 5.74) is 4.71. The van der Waals surface area contributed by atoms with Gasteiger partial charge in [-0.25, -0.2) is 0 Å². The smallest absolute Gasteiger partial charge is 0.325 e. The molecule has 0 aliphatic carbocycles. The van der Waals surface area contributed by atoms with Gasteiger partial charge in [0.25, 0.3) is 0 Å². The maximum Gasteiger partial charge on any atom is 0.325 e. The Morgan fingerprint density at radius 3 is 2.50 bits per heavy atom. The molecule has 0 aliphatic rings. The van der Waals surface area contributed by atoms with Gasteiger partial charge in [-0.1, -0.05) is 6.07 Å². The van der Waals surface area contributed by atoms with Crippen molar-refractivity contribution in [2.75, 3.05) is 14.2 Å². The molecule has 130 valence electrons. The number of hydrogen-bond acceptors (Lipinski definition) is 4. The third-order valence-corrected chi connectivity index (χ3v) is 4.51. The van der Waals surface area contributed by atoms with Gasteiger partial charge in [0.05, 0.1) is 12.8 Å². The van der Waals surface area contributed by atoms with Gasteiger partial charge in [-0.2, -0.15) is 5.10 Å². The summed E-state index contributed by atoms with van der Waals surface area (Å²) in [7, 11) is 5.33. The highest BCUT2D eigenvalue weighted by Crippen LogP contribution is 2.28. The minimum atomic E-state index is -0.870. The van der Waals surface area contributed by atoms with Crippen molar-refractivity contribution in [3.8, 4) is 5.75 Å². The lowest BCUT2D eigenvalue weighted by Crippen LogP contribution is -2.31. The molecule has 0 bridgehead atoms. The summed E-state index contributed by atoms with van der Waals surface area (Å²) >= 11 is 0. The summed E-state index contributed by atoms with van der Waals surface area (Å²) in [6.07, 6.45) is 0. The van der Waals surface area contributed by atoms with Crippen LogP contribution < -0.4 is 4.74 Å². The number of aliphatic carboxylic acids is 1. The average Bonchev–Trinajstić information content (AvgIpc) is 2.75. The largest absolute Gasteiger partial charge is 0.497 e. The molecule has 1 aromatic heterocycles. The molecule has 2 rings (SSSR count). The third-order valence-electron chi connectivity index (χ3n) is 4.51. The van der Waals surface area contributed by atoms with Crippen molar-refractivity contribution in [1.82, 2.24) is 14.7 Å². The monoisotopic (exact) mass is 331 g/mol. The van der Waals surface area contributed by atoms with E-state index in [-0.39, 0.29) is 0 Å². The van der Waals surface area contributed by atoms with Gasteiger partial charge in [-0.15, -0.1) is 0 Å². The molecule has 0 amide bonds. The number of carboxylic acids is 1. The quantitative estimate of drug-likeness (QED) is 0.881. The van der Waals surface area contributed by atoms with Crippen molar-refractivity contribution in [2.24, 2.45) is 7.05 Å². The van der Waals surface area contributed by atoms with Crippen LogP contribution in [-0.4, -0.2) is 39.9 Å². The number of benzene rings is 1. The van der Waals surface area contributed by atoms with Gasteiger partial charge in [-0.05, 0) is 51.1 Å². The Balaban J connectivity index is 2.35. The second-order valence-corrected chi connectivity index (χ2v) is 6.15. The predicted molar refractivity (Wildman–Crippen MR) is 92.3 cm³/mol. The van der Waals surface area contributed by atoms with Crippen molar-refractivity contribution >= 4 is 5.97 Å². The lowest BCUT2D eigenvalue weighted by atomic mass is 9.99. The SMILES string of the molecule is COc1ccc([C@@H](C(=O)O)N(C)Cc2c(C)nn(C)c2C)c(C)c1. The summed E-state index contributed by atoms with van der Waals surface area (Å²) in [6, 6.07) is 4.76. The molecule has 24 heavy (non-hydrogen) atoms. The highest BCUT2D eigenvalue weighted by atomic mass is 16.5. The number of likely N-dealkylation sites (N-methyl/N-ethyl adjacent to an activating group) is 1. The van der Waals surface area contributed by atoms with Crippen molar-refractivity contribution in [1.29, 1.82) is 0 Å². The number of methoxy groups -OCH3 is 1. The topological polar surface area (TPSA) is 67.6 Å². The fourth-order valence-electron chi connectivity index (χ4n) is 3.03. The number of carboxylic acid groups (broad SMARTS) is 1. The van der Waals surface area contributed by atoms with Crippen LogP contribution in [0.15, 0.2) is 18.2 Å². The lowest BCUT2D eigenvalue weighted by molar-refractivity contribution is -0.143. The molecule has 0 radical (unpaired) electrons. The Hall–Kier alpha value is -2.34. The van der Waals surface area contributed by atoms with E-state index in [0.29, 0.717) is 6.54 Å². The van der Waals surface area contributed by atoms with Crippen molar-refractivity contribution in [3.05, 3.63) is 46.3 Å². The van der Waals surface area contributed by atoms with Crippen LogP contribution in [0.1, 0.15) is 34.1 Å². The Morgan fingerprint density at radius 2 is 2.04 bits per heavy atom. The number of rotatable bonds is 6. The predicted octanol–water partition coefficient (Wildman–Crippen LogP) is 2.61. The summed E-state index contributed by atoms with van der Waals surface area (Å²) in [5, 5.41) is 14.2. The Kier molecular flexibility index (Phi) is 5.29. The van der Waals surface area contributed by atoms with E-state index in [1.54, 1.807) is 13.2 Å². The summed E-state index contributed by atoms with van der Waals surface area (Å²) < 4.78 is 7.03. The fourth-order valence-corrected chi connectivity index (χ4v) is 3.03. The van der Waals surface area contributed by atoms with Crippen LogP contribution in [0.25, 0.3) is 0 Å². The zero-order chi connectivity index (χ0) is 18.0. The molecular formula is C18H25N3O3. The second-order valence-electron chi connectivity index (χ2n) is 6.15. The van der Waals surface area contributed by atoms with Crippen LogP contribution in [0.2, 0.25) is 0 Å². The third kappa shape index (κ3) is 3.43. The van der Waals surface area contributed by atoms with E-state index in [2.05, 4.69) is 5.10 Å². The molecule has 1 atom stereocenters. The number of aryl methyl sites for hydroxylation is 3. The zero-order valence-corrected chi connectivity index (χ0v) is 15.1. The molecule has 6 nitrogen and oxygen atoms in total. The minimum Gasteiger partial charge on any atom is -0.497 e. The van der Waals surface area contributed by atoms with Crippen molar-refractivity contribution in [2.45, 2.75) is 33.4 Å². The maximum absolute atomic E-state index is 11.9. The molecule has 0 fully saturated rings. The number of nitrogens with zero attached hydrogens (tertiary/aromatic N) is 3. The summed E-state index contributed by atoms with van der Waals surface area (Å²) in [5.74, 6) is -0.146. The van der Waals surface area contributed by atoms with Crippen molar-refractivity contribution < 1.29 is 14.6 Å². The summed E-state index contributed by atoms with van der Waals surface area (Å²) in [6.45, 7) is 6.37. The molecule has 1 heterocycles. The van der Waals surface area contributed by atoms with Crippen LogP contribution in [0, 0.1) is 20.8 Å². The van der Waals surface area contributed by atoms with Gasteiger partial charge in [0.1, 0.15) is 11.8 Å². The van der Waals surface area contributed by atoms with Crippen LogP contribution in [0.4, 0.5) is 0 Å². The van der Waals surface area contributed by atoms with E-state index in [4.69, 9.17) is 4.74 Å². The standard InChI is InChI=1S/C18H25N3O3/c1-11-9-14(24-6)7-8-15(11)17(18(22)23)20(4)10-16-12(2)19-21(5)13(16)3/h7-9,17H,10H2,1-6H3,(H,22,23)/t17-/m0/s1. The molecular weight excluding hydrogens is 306 g/mol. The molecule has 1 aromatic carbocycles. The first-order chi connectivity index (χ1) is 11.3. The van der Waals surface area contributed by atoms with E-state index >= 15 is 0 Å². The molecule has 0 unspecified atom stereocenters. The normalized spacial score (nSPS) is 12.5. The van der Waals surface area contributed by atoms with Gasteiger partial charge in [-0.3, -0.25) is 14.4 Å². The van der Waals surface area contributed by atoms with Crippen molar-refractivity contribution in [3.63, 3.8) is 0 Å². The zero-order valence-electron chi connectivity index (χ0n) is 15.1. The summed E-state index contributed by atoms with van der Waals surface area (Å²) in [4.78, 5) is 13.8. The van der Waals surface area contributed by atoms with Crippen LogP contribution >= 0.6 is 0 Å². The highest BCUT2D eigenvalue weighted by molar-refractivity contribution is 5.76. The van der Waals surface area contributed by atoms with E-state index in [9.17, 15) is 9.90 Å². The number of hydrogen-bond donors (Lipinski definition) is 1. The van der Waals surface area contributed by atoms with Crippen LogP contribution in [0.3, 0.4) is 0 Å². The molecule has 2 aromatic rings. The minimum absolute atomic E-state index is 0.522. The number of ether oxygens (including phenoxy) is 1. The fraction of sp³-hybridized carbons (Fsp3) is 0.444. The average molecular weight is 331 g/mol. The molecule has 0 saturated carbocycles. The molecule has 0 aliphatic heterocycles. The first kappa shape index (κ1) is 18.0. The molecule has 6 heteroatoms. The molecule has 1 N–H and O–H groups in total.